The summed E-state index contributed by atoms with van der Waals surface area (Å²) in [6, 6.07) is 6.80. The van der Waals surface area contributed by atoms with Gasteiger partial charge in [0, 0.05) is 30.2 Å². The second-order valence-corrected chi connectivity index (χ2v) is 4.26. The average molecular weight is 257 g/mol. The third kappa shape index (κ3) is 5.68. The van der Waals surface area contributed by atoms with E-state index in [2.05, 4.69) is 10.6 Å². The van der Waals surface area contributed by atoms with Gasteiger partial charge < -0.3 is 15.7 Å². The molecule has 0 aromatic heterocycles. The van der Waals surface area contributed by atoms with E-state index >= 15 is 0 Å². The summed E-state index contributed by atoms with van der Waals surface area (Å²) < 4.78 is 0. The Morgan fingerprint density at radius 2 is 2.24 bits per heavy atom. The van der Waals surface area contributed by atoms with Crippen LogP contribution in [0.2, 0.25) is 5.02 Å². The van der Waals surface area contributed by atoms with E-state index in [-0.39, 0.29) is 12.0 Å². The van der Waals surface area contributed by atoms with Crippen LogP contribution in [0.25, 0.3) is 0 Å². The molecular weight excluding hydrogens is 240 g/mol. The summed E-state index contributed by atoms with van der Waals surface area (Å²) in [6.45, 7) is 3.36. The zero-order valence-corrected chi connectivity index (χ0v) is 10.5. The molecule has 1 aromatic carbocycles. The Morgan fingerprint density at radius 3 is 2.88 bits per heavy atom. The number of halogens is 1. The molecule has 0 saturated heterocycles. The Bertz CT molecular complexity index is 369. The molecule has 4 nitrogen and oxygen atoms in total. The smallest absolute Gasteiger partial charge is 0.251 e. The van der Waals surface area contributed by atoms with E-state index in [0.29, 0.717) is 30.2 Å². The van der Waals surface area contributed by atoms with Crippen molar-refractivity contribution >= 4 is 17.5 Å². The van der Waals surface area contributed by atoms with Gasteiger partial charge in [0.2, 0.25) is 0 Å². The highest BCUT2D eigenvalue weighted by molar-refractivity contribution is 6.30. The summed E-state index contributed by atoms with van der Waals surface area (Å²) in [7, 11) is 0. The van der Waals surface area contributed by atoms with Gasteiger partial charge in [-0.05, 0) is 25.1 Å². The van der Waals surface area contributed by atoms with Crippen LogP contribution in [0.4, 0.5) is 0 Å². The molecule has 0 bridgehead atoms. The van der Waals surface area contributed by atoms with Gasteiger partial charge in [0.05, 0.1) is 6.10 Å². The maximum absolute atomic E-state index is 11.6. The van der Waals surface area contributed by atoms with Crippen LogP contribution >= 0.6 is 11.6 Å². The predicted molar refractivity (Wildman–Crippen MR) is 68.3 cm³/mol. The largest absolute Gasteiger partial charge is 0.392 e. The third-order valence-electron chi connectivity index (χ3n) is 2.11. The van der Waals surface area contributed by atoms with E-state index in [1.807, 2.05) is 0 Å². The first kappa shape index (κ1) is 14.0. The highest BCUT2D eigenvalue weighted by Gasteiger charge is 2.04. The molecule has 0 aliphatic heterocycles. The standard InChI is InChI=1S/C12H17ClN2O2/c1-9(16)8-14-5-6-15-12(17)10-3-2-4-11(13)7-10/h2-4,7,9,14,16H,5-6,8H2,1H3,(H,15,17). The van der Waals surface area contributed by atoms with Crippen molar-refractivity contribution < 1.29 is 9.90 Å². The van der Waals surface area contributed by atoms with Gasteiger partial charge in [-0.3, -0.25) is 4.79 Å². The summed E-state index contributed by atoms with van der Waals surface area (Å²) in [4.78, 5) is 11.6. The van der Waals surface area contributed by atoms with Crippen molar-refractivity contribution in [2.45, 2.75) is 13.0 Å². The monoisotopic (exact) mass is 256 g/mol. The van der Waals surface area contributed by atoms with Gasteiger partial charge in [0.25, 0.3) is 5.91 Å². The number of nitrogens with one attached hydrogen (secondary N) is 2. The Balaban J connectivity index is 2.26. The minimum Gasteiger partial charge on any atom is -0.392 e. The lowest BCUT2D eigenvalue weighted by molar-refractivity contribution is 0.0953. The summed E-state index contributed by atoms with van der Waals surface area (Å²) in [5, 5.41) is 15.3. The number of aliphatic hydroxyl groups is 1. The number of benzene rings is 1. The minimum absolute atomic E-state index is 0.147. The van der Waals surface area contributed by atoms with E-state index in [4.69, 9.17) is 16.7 Å². The van der Waals surface area contributed by atoms with Gasteiger partial charge in [0.15, 0.2) is 0 Å². The van der Waals surface area contributed by atoms with Crippen molar-refractivity contribution in [3.05, 3.63) is 34.9 Å². The van der Waals surface area contributed by atoms with Crippen molar-refractivity contribution in [2.24, 2.45) is 0 Å². The number of rotatable bonds is 6. The van der Waals surface area contributed by atoms with Gasteiger partial charge in [-0.2, -0.15) is 0 Å². The van der Waals surface area contributed by atoms with Crippen molar-refractivity contribution in [3.63, 3.8) is 0 Å². The predicted octanol–water partition coefficient (Wildman–Crippen LogP) is 1.04. The SMILES string of the molecule is CC(O)CNCCNC(=O)c1cccc(Cl)c1. The molecule has 1 amide bonds. The second-order valence-electron chi connectivity index (χ2n) is 3.82. The Morgan fingerprint density at radius 1 is 1.47 bits per heavy atom. The first-order valence-corrected chi connectivity index (χ1v) is 5.90. The molecule has 1 unspecified atom stereocenters. The molecule has 0 radical (unpaired) electrons. The number of aliphatic hydroxyl groups excluding tert-OH is 1. The quantitative estimate of drug-likeness (QED) is 0.667. The maximum Gasteiger partial charge on any atom is 0.251 e. The summed E-state index contributed by atoms with van der Waals surface area (Å²) in [5.41, 5.74) is 0.549. The van der Waals surface area contributed by atoms with Crippen molar-refractivity contribution in [1.29, 1.82) is 0 Å². The molecule has 94 valence electrons. The third-order valence-corrected chi connectivity index (χ3v) is 2.35. The van der Waals surface area contributed by atoms with E-state index in [0.717, 1.165) is 0 Å². The van der Waals surface area contributed by atoms with Crippen LogP contribution in [-0.4, -0.2) is 36.8 Å². The molecule has 0 heterocycles. The van der Waals surface area contributed by atoms with Gasteiger partial charge in [-0.25, -0.2) is 0 Å². The van der Waals surface area contributed by atoms with Crippen LogP contribution in [0.3, 0.4) is 0 Å². The van der Waals surface area contributed by atoms with Crippen LogP contribution < -0.4 is 10.6 Å². The molecule has 0 aliphatic rings. The maximum atomic E-state index is 11.6. The molecule has 0 spiro atoms. The number of carbonyl (C=O) groups is 1. The Kier molecular flexibility index (Phi) is 5.97. The number of hydrogen-bond donors (Lipinski definition) is 3. The molecule has 0 fully saturated rings. The molecule has 1 aromatic rings. The molecule has 1 rings (SSSR count). The number of hydrogen-bond acceptors (Lipinski definition) is 3. The highest BCUT2D eigenvalue weighted by Crippen LogP contribution is 2.10. The van der Waals surface area contributed by atoms with Crippen LogP contribution in [0, 0.1) is 0 Å². The lowest BCUT2D eigenvalue weighted by Gasteiger charge is -2.08. The second kappa shape index (κ2) is 7.27. The molecule has 0 aliphatic carbocycles. The van der Waals surface area contributed by atoms with E-state index in [1.54, 1.807) is 31.2 Å². The van der Waals surface area contributed by atoms with Crippen LogP contribution in [0.15, 0.2) is 24.3 Å². The molecule has 1 atom stereocenters. The lowest BCUT2D eigenvalue weighted by atomic mass is 10.2. The van der Waals surface area contributed by atoms with E-state index < -0.39 is 0 Å². The Hall–Kier alpha value is -1.10. The minimum atomic E-state index is -0.376. The topological polar surface area (TPSA) is 61.4 Å². The van der Waals surface area contributed by atoms with Crippen LogP contribution in [0.1, 0.15) is 17.3 Å². The fourth-order valence-corrected chi connectivity index (χ4v) is 1.50. The first-order chi connectivity index (χ1) is 8.09. The van der Waals surface area contributed by atoms with Gasteiger partial charge in [0.1, 0.15) is 0 Å². The molecule has 17 heavy (non-hydrogen) atoms. The average Bonchev–Trinajstić information content (AvgIpc) is 2.28. The van der Waals surface area contributed by atoms with E-state index in [1.165, 1.54) is 0 Å². The van der Waals surface area contributed by atoms with Crippen molar-refractivity contribution in [3.8, 4) is 0 Å². The van der Waals surface area contributed by atoms with Crippen LogP contribution in [0.5, 0.6) is 0 Å². The summed E-state index contributed by atoms with van der Waals surface area (Å²) in [5.74, 6) is -0.147. The molecule has 5 heteroatoms. The van der Waals surface area contributed by atoms with Gasteiger partial charge in [-0.15, -0.1) is 0 Å². The summed E-state index contributed by atoms with van der Waals surface area (Å²) in [6.07, 6.45) is -0.376. The fourth-order valence-electron chi connectivity index (χ4n) is 1.31. The van der Waals surface area contributed by atoms with Crippen molar-refractivity contribution in [2.75, 3.05) is 19.6 Å². The lowest BCUT2D eigenvalue weighted by Crippen LogP contribution is -2.34. The van der Waals surface area contributed by atoms with Crippen molar-refractivity contribution in [1.82, 2.24) is 10.6 Å². The fraction of sp³-hybridized carbons (Fsp3) is 0.417. The molecule has 0 saturated carbocycles. The Labute approximate surface area is 106 Å². The van der Waals surface area contributed by atoms with Gasteiger partial charge in [-0.1, -0.05) is 17.7 Å². The normalized spacial score (nSPS) is 12.2. The molecular formula is C12H17ClN2O2. The van der Waals surface area contributed by atoms with Gasteiger partial charge >= 0.3 is 0 Å². The number of carbonyl (C=O) groups excluding carboxylic acids is 1. The zero-order valence-electron chi connectivity index (χ0n) is 9.74. The number of amides is 1. The first-order valence-electron chi connectivity index (χ1n) is 5.52. The molecule has 3 N–H and O–H groups in total. The highest BCUT2D eigenvalue weighted by atomic mass is 35.5. The van der Waals surface area contributed by atoms with Crippen LogP contribution in [-0.2, 0) is 0 Å². The zero-order chi connectivity index (χ0) is 12.7. The van der Waals surface area contributed by atoms with E-state index in [9.17, 15) is 4.79 Å². The summed E-state index contributed by atoms with van der Waals surface area (Å²) >= 11 is 5.79.